The maximum Gasteiger partial charge on any atom is 0.345 e. The monoisotopic (exact) mass is 680 g/mol. The van der Waals surface area contributed by atoms with Crippen molar-refractivity contribution in [1.29, 1.82) is 0 Å². The van der Waals surface area contributed by atoms with E-state index in [0.717, 1.165) is 25.0 Å². The number of phenolic OH excluding ortho intramolecular Hbond substituents is 1. The lowest BCUT2D eigenvalue weighted by Crippen LogP contribution is -2.28. The molecule has 0 saturated carbocycles. The number of carbonyl (C=O) groups excluding carboxylic acids is 3. The van der Waals surface area contributed by atoms with Crippen molar-refractivity contribution >= 4 is 27.8 Å². The summed E-state index contributed by atoms with van der Waals surface area (Å²) < 4.78 is 41.0. The lowest BCUT2D eigenvalue weighted by atomic mass is 10.0. The van der Waals surface area contributed by atoms with Crippen LogP contribution in [0.25, 0.3) is 0 Å². The first-order chi connectivity index (χ1) is 22.5. The molecule has 0 amide bonds. The fraction of sp³-hybridized carbons (Fsp3) is 0.571. The third-order valence-corrected chi connectivity index (χ3v) is 8.36. The highest BCUT2D eigenvalue weighted by atomic mass is 32.2. The van der Waals surface area contributed by atoms with Crippen LogP contribution in [0.5, 0.6) is 11.5 Å². The first kappa shape index (κ1) is 41.7. The Bertz CT molecular complexity index is 1310. The molecule has 0 aliphatic carbocycles. The van der Waals surface area contributed by atoms with Crippen LogP contribution in [0.1, 0.15) is 126 Å². The smallest absolute Gasteiger partial charge is 0.345 e. The Morgan fingerprint density at radius 1 is 0.787 bits per heavy atom. The maximum absolute atomic E-state index is 12.3. The van der Waals surface area contributed by atoms with Gasteiger partial charge in [-0.1, -0.05) is 127 Å². The Hall–Kier alpha value is -3.32. The van der Waals surface area contributed by atoms with Crippen LogP contribution in [0, 0.1) is 0 Å². The predicted molar refractivity (Wildman–Crippen MR) is 178 cm³/mol. The van der Waals surface area contributed by atoms with E-state index in [9.17, 15) is 27.9 Å². The van der Waals surface area contributed by atoms with Crippen molar-refractivity contribution in [1.82, 2.24) is 0 Å². The Morgan fingerprint density at radius 3 is 1.72 bits per heavy atom. The van der Waals surface area contributed by atoms with E-state index in [1.165, 1.54) is 96.3 Å². The van der Waals surface area contributed by atoms with E-state index >= 15 is 0 Å². The van der Waals surface area contributed by atoms with E-state index < -0.39 is 51.2 Å². The van der Waals surface area contributed by atoms with Crippen molar-refractivity contribution in [2.75, 3.05) is 13.7 Å². The molecule has 0 aromatic heterocycles. The van der Waals surface area contributed by atoms with Gasteiger partial charge in [-0.15, -0.1) is 0 Å². The van der Waals surface area contributed by atoms with Crippen LogP contribution in [0.2, 0.25) is 0 Å². The number of aliphatic hydroxyl groups excluding tert-OH is 2. The molecule has 2 rings (SSSR count). The molecule has 4 N–H and O–H groups in total. The molecule has 0 heterocycles. The molecule has 12 heteroatoms. The zero-order chi connectivity index (χ0) is 35.1. The SMILES string of the molecule is CCCCCCCCCCCCCCCCCC(=O)OC(=O)C(O)CO.COc1cc(O)c(C(=O)c2ccccc2)cc1S(=O)(=O)O. The van der Waals surface area contributed by atoms with Gasteiger partial charge in [-0.05, 0) is 12.5 Å². The molecule has 0 fully saturated rings. The Balaban J connectivity index is 0.000000479. The minimum absolute atomic E-state index is 0.183. The van der Waals surface area contributed by atoms with E-state index in [1.807, 2.05) is 0 Å². The topological polar surface area (TPSA) is 185 Å². The van der Waals surface area contributed by atoms with Gasteiger partial charge in [-0.25, -0.2) is 4.79 Å². The molecule has 1 atom stereocenters. The quantitative estimate of drug-likeness (QED) is 0.0348. The standard InChI is InChI=1S/C21H40O5.C14H12O6S/c1-2-3-4-5-6-7-8-9-10-11-12-13-14-15-16-17-20(24)26-21(25)19(23)18-22;1-20-12-8-11(15)10(7-13(12)21(17,18)19)14(16)9-5-3-2-4-6-9/h19,22-23H,2-18H2,1H3;2-8,15H,1H3,(H,17,18,19). The molecule has 0 radical (unpaired) electrons. The van der Waals surface area contributed by atoms with Crippen molar-refractivity contribution < 1.29 is 52.1 Å². The van der Waals surface area contributed by atoms with E-state index in [4.69, 9.17) is 19.5 Å². The Kier molecular flexibility index (Phi) is 21.2. The molecule has 1 unspecified atom stereocenters. The number of aromatic hydroxyl groups is 1. The second kappa shape index (κ2) is 23.9. The normalized spacial score (nSPS) is 11.7. The van der Waals surface area contributed by atoms with Gasteiger partial charge < -0.3 is 24.8 Å². The summed E-state index contributed by atoms with van der Waals surface area (Å²) in [5.74, 6) is -2.95. The highest BCUT2D eigenvalue weighted by Gasteiger charge is 2.23. The average molecular weight is 681 g/mol. The van der Waals surface area contributed by atoms with Gasteiger partial charge in [0.15, 0.2) is 11.9 Å². The van der Waals surface area contributed by atoms with Crippen molar-refractivity contribution in [3.05, 3.63) is 53.6 Å². The fourth-order valence-electron chi connectivity index (χ4n) is 4.78. The van der Waals surface area contributed by atoms with E-state index in [0.29, 0.717) is 6.42 Å². The maximum atomic E-state index is 12.3. The largest absolute Gasteiger partial charge is 0.507 e. The van der Waals surface area contributed by atoms with Gasteiger partial charge in [-0.3, -0.25) is 14.1 Å². The van der Waals surface area contributed by atoms with Gasteiger partial charge in [0.25, 0.3) is 10.1 Å². The molecule has 0 aliphatic heterocycles. The molecule has 0 aliphatic rings. The molecular weight excluding hydrogens is 628 g/mol. The number of esters is 2. The summed E-state index contributed by atoms with van der Waals surface area (Å²) in [5.41, 5.74) is 0.0360. The number of carbonyl (C=O) groups is 3. The van der Waals surface area contributed by atoms with Crippen LogP contribution in [-0.4, -0.2) is 65.8 Å². The third kappa shape index (κ3) is 17.4. The zero-order valence-electron chi connectivity index (χ0n) is 27.7. The van der Waals surface area contributed by atoms with Crippen LogP contribution in [-0.2, 0) is 24.4 Å². The molecule has 47 heavy (non-hydrogen) atoms. The lowest BCUT2D eigenvalue weighted by molar-refractivity contribution is -0.167. The van der Waals surface area contributed by atoms with Crippen LogP contribution < -0.4 is 4.74 Å². The summed E-state index contributed by atoms with van der Waals surface area (Å²) in [7, 11) is -3.41. The highest BCUT2D eigenvalue weighted by Crippen LogP contribution is 2.32. The highest BCUT2D eigenvalue weighted by molar-refractivity contribution is 7.86. The minimum atomic E-state index is -4.59. The van der Waals surface area contributed by atoms with Gasteiger partial charge in [0.2, 0.25) is 0 Å². The first-order valence-electron chi connectivity index (χ1n) is 16.5. The number of rotatable bonds is 22. The van der Waals surface area contributed by atoms with Gasteiger partial charge in [0.1, 0.15) is 16.4 Å². The molecular formula is C35H52O11S. The Morgan fingerprint density at radius 2 is 1.28 bits per heavy atom. The number of hydrogen-bond acceptors (Lipinski definition) is 10. The van der Waals surface area contributed by atoms with Crippen molar-refractivity contribution in [3.63, 3.8) is 0 Å². The third-order valence-electron chi connectivity index (χ3n) is 7.48. The van der Waals surface area contributed by atoms with Crippen LogP contribution >= 0.6 is 0 Å². The fourth-order valence-corrected chi connectivity index (χ4v) is 5.45. The van der Waals surface area contributed by atoms with Gasteiger partial charge in [0, 0.05) is 18.1 Å². The van der Waals surface area contributed by atoms with Crippen LogP contribution in [0.15, 0.2) is 47.4 Å². The van der Waals surface area contributed by atoms with Crippen LogP contribution in [0.3, 0.4) is 0 Å². The van der Waals surface area contributed by atoms with Gasteiger partial charge >= 0.3 is 11.9 Å². The number of hydrogen-bond donors (Lipinski definition) is 4. The van der Waals surface area contributed by atoms with Crippen molar-refractivity contribution in [2.45, 2.75) is 121 Å². The molecule has 0 spiro atoms. The molecule has 2 aromatic carbocycles. The molecule has 0 saturated heterocycles. The van der Waals surface area contributed by atoms with Crippen molar-refractivity contribution in [3.8, 4) is 11.5 Å². The van der Waals surface area contributed by atoms with Gasteiger partial charge in [-0.2, -0.15) is 8.42 Å². The summed E-state index contributed by atoms with van der Waals surface area (Å²) >= 11 is 0. The number of phenols is 1. The number of methoxy groups -OCH3 is 1. The summed E-state index contributed by atoms with van der Waals surface area (Å²) in [6.07, 6.45) is 17.4. The average Bonchev–Trinajstić information content (AvgIpc) is 3.05. The van der Waals surface area contributed by atoms with Crippen molar-refractivity contribution in [2.24, 2.45) is 0 Å². The van der Waals surface area contributed by atoms with Crippen LogP contribution in [0.4, 0.5) is 0 Å². The number of benzene rings is 2. The zero-order valence-corrected chi connectivity index (χ0v) is 28.5. The summed E-state index contributed by atoms with van der Waals surface area (Å²) in [5, 5.41) is 27.4. The predicted octanol–water partition coefficient (Wildman–Crippen LogP) is 6.55. The number of ketones is 1. The lowest BCUT2D eigenvalue weighted by Gasteiger charge is -2.10. The molecule has 11 nitrogen and oxygen atoms in total. The summed E-state index contributed by atoms with van der Waals surface area (Å²) in [6, 6.07) is 9.90. The molecule has 2 aromatic rings. The second-order valence-corrected chi connectivity index (χ2v) is 12.8. The first-order valence-corrected chi connectivity index (χ1v) is 17.9. The second-order valence-electron chi connectivity index (χ2n) is 11.4. The minimum Gasteiger partial charge on any atom is -0.507 e. The van der Waals surface area contributed by atoms with E-state index in [-0.39, 0.29) is 23.3 Å². The number of aliphatic hydroxyl groups is 2. The number of ether oxygens (including phenoxy) is 2. The Labute approximate surface area is 279 Å². The molecule has 264 valence electrons. The van der Waals surface area contributed by atoms with E-state index in [1.54, 1.807) is 18.2 Å². The molecule has 0 bridgehead atoms. The summed E-state index contributed by atoms with van der Waals surface area (Å²) in [4.78, 5) is 34.2. The van der Waals surface area contributed by atoms with Gasteiger partial charge in [0.05, 0.1) is 19.3 Å². The van der Waals surface area contributed by atoms with E-state index in [2.05, 4.69) is 11.7 Å². The summed E-state index contributed by atoms with van der Waals surface area (Å²) in [6.45, 7) is 1.52. The number of unbranched alkanes of at least 4 members (excludes halogenated alkanes) is 14.